The van der Waals surface area contributed by atoms with Gasteiger partial charge < -0.3 is 4.57 Å². The molecule has 0 aliphatic carbocycles. The highest BCUT2D eigenvalue weighted by Gasteiger charge is 2.10. The first kappa shape index (κ1) is 10.8. The fourth-order valence-corrected chi connectivity index (χ4v) is 1.30. The molecule has 0 atom stereocenters. The van der Waals surface area contributed by atoms with Crippen LogP contribution in [0.5, 0.6) is 0 Å². The summed E-state index contributed by atoms with van der Waals surface area (Å²) in [6.07, 6.45) is 6.67. The lowest BCUT2D eigenvalue weighted by Crippen LogP contribution is -2.06. The van der Waals surface area contributed by atoms with Gasteiger partial charge in [0.05, 0.1) is 0 Å². The lowest BCUT2D eigenvalue weighted by Gasteiger charge is -2.01. The number of hydrogen-bond donors (Lipinski definition) is 0. The Hall–Kier alpha value is -1.31. The Labute approximate surface area is 85.2 Å². The predicted molar refractivity (Wildman–Crippen MR) is 58.4 cm³/mol. The Balaban J connectivity index is 2.67. The van der Waals surface area contributed by atoms with Gasteiger partial charge in [0.15, 0.2) is 5.78 Å². The molecule has 0 amide bonds. The largest absolute Gasteiger partial charge is 0.353 e. The molecule has 0 saturated heterocycles. The average Bonchev–Trinajstić information content (AvgIpc) is 2.61. The molecule has 0 unspecified atom stereocenters. The molecule has 1 aromatic rings. The smallest absolute Gasteiger partial charge is 0.166 e. The van der Waals surface area contributed by atoms with E-state index in [1.54, 1.807) is 0 Å². The molecule has 2 heteroatoms. The minimum absolute atomic E-state index is 0.0743. The number of allylic oxidation sites excluding steroid dienone is 1. The highest BCUT2D eigenvalue weighted by molar-refractivity contribution is 5.97. The van der Waals surface area contributed by atoms with Crippen LogP contribution in [0.25, 0.3) is 0 Å². The Morgan fingerprint density at radius 2 is 2.36 bits per heavy atom. The molecule has 0 spiro atoms. The molecule has 0 bridgehead atoms. The van der Waals surface area contributed by atoms with Gasteiger partial charge in [0, 0.05) is 30.4 Å². The minimum Gasteiger partial charge on any atom is -0.353 e. The molecule has 0 saturated carbocycles. The third-order valence-electron chi connectivity index (χ3n) is 2.15. The van der Waals surface area contributed by atoms with E-state index >= 15 is 0 Å². The van der Waals surface area contributed by atoms with Crippen molar-refractivity contribution in [3.05, 3.63) is 36.7 Å². The van der Waals surface area contributed by atoms with Crippen LogP contribution in [0, 0.1) is 5.92 Å². The molecule has 0 aromatic carbocycles. The van der Waals surface area contributed by atoms with Crippen LogP contribution in [0.3, 0.4) is 0 Å². The van der Waals surface area contributed by atoms with Gasteiger partial charge in [-0.1, -0.05) is 19.9 Å². The summed E-state index contributed by atoms with van der Waals surface area (Å²) in [5.74, 6) is 0.285. The molecule has 0 fully saturated rings. The first-order valence-corrected chi connectivity index (χ1v) is 4.96. The zero-order valence-electron chi connectivity index (χ0n) is 8.86. The maximum absolute atomic E-state index is 11.6. The SMILES string of the molecule is C=CCCn1ccc(C(=O)C(C)C)c1. The van der Waals surface area contributed by atoms with Crippen LogP contribution in [0.1, 0.15) is 30.6 Å². The van der Waals surface area contributed by atoms with Crippen LogP contribution < -0.4 is 0 Å². The van der Waals surface area contributed by atoms with Gasteiger partial charge in [-0.05, 0) is 12.5 Å². The lowest BCUT2D eigenvalue weighted by atomic mass is 10.0. The standard InChI is InChI=1S/C12H17NO/c1-4-5-7-13-8-6-11(9-13)12(14)10(2)3/h4,6,8-10H,1,5,7H2,2-3H3. The molecule has 76 valence electrons. The van der Waals surface area contributed by atoms with Crippen LogP contribution in [-0.2, 0) is 6.54 Å². The Morgan fingerprint density at radius 3 is 2.93 bits per heavy atom. The molecule has 1 aromatic heterocycles. The Kier molecular flexibility index (Phi) is 3.69. The van der Waals surface area contributed by atoms with E-state index in [1.165, 1.54) is 0 Å². The van der Waals surface area contributed by atoms with E-state index in [1.807, 2.05) is 43.0 Å². The number of aryl methyl sites for hydroxylation is 1. The number of aromatic nitrogens is 1. The second-order valence-corrected chi connectivity index (χ2v) is 3.73. The van der Waals surface area contributed by atoms with Crippen molar-refractivity contribution >= 4 is 5.78 Å². The molecule has 14 heavy (non-hydrogen) atoms. The van der Waals surface area contributed by atoms with Crippen LogP contribution in [0.15, 0.2) is 31.1 Å². The van der Waals surface area contributed by atoms with Crippen molar-refractivity contribution in [2.24, 2.45) is 5.92 Å². The number of hydrogen-bond acceptors (Lipinski definition) is 1. The van der Waals surface area contributed by atoms with Crippen molar-refractivity contribution in [1.29, 1.82) is 0 Å². The summed E-state index contributed by atoms with van der Waals surface area (Å²) in [4.78, 5) is 11.6. The summed E-state index contributed by atoms with van der Waals surface area (Å²) in [6.45, 7) is 8.40. The van der Waals surface area contributed by atoms with Crippen LogP contribution in [0.2, 0.25) is 0 Å². The van der Waals surface area contributed by atoms with Gasteiger partial charge in [-0.2, -0.15) is 0 Å². The Bertz CT molecular complexity index is 323. The maximum atomic E-state index is 11.6. The molecule has 0 aliphatic heterocycles. The van der Waals surface area contributed by atoms with E-state index in [9.17, 15) is 4.79 Å². The third-order valence-corrected chi connectivity index (χ3v) is 2.15. The summed E-state index contributed by atoms with van der Waals surface area (Å²) in [6, 6.07) is 1.88. The number of carbonyl (C=O) groups is 1. The number of rotatable bonds is 5. The van der Waals surface area contributed by atoms with Crippen molar-refractivity contribution in [2.75, 3.05) is 0 Å². The van der Waals surface area contributed by atoms with Gasteiger partial charge in [-0.25, -0.2) is 0 Å². The van der Waals surface area contributed by atoms with Crippen molar-refractivity contribution in [3.8, 4) is 0 Å². The number of ketones is 1. The zero-order chi connectivity index (χ0) is 10.6. The summed E-state index contributed by atoms with van der Waals surface area (Å²) in [5.41, 5.74) is 0.809. The van der Waals surface area contributed by atoms with Crippen LogP contribution >= 0.6 is 0 Å². The molecule has 1 heterocycles. The van der Waals surface area contributed by atoms with Gasteiger partial charge in [0.1, 0.15) is 0 Å². The van der Waals surface area contributed by atoms with Gasteiger partial charge in [0.25, 0.3) is 0 Å². The monoisotopic (exact) mass is 191 g/mol. The minimum atomic E-state index is 0.0743. The topological polar surface area (TPSA) is 22.0 Å². The van der Waals surface area contributed by atoms with Gasteiger partial charge in [0.2, 0.25) is 0 Å². The number of nitrogens with zero attached hydrogens (tertiary/aromatic N) is 1. The maximum Gasteiger partial charge on any atom is 0.166 e. The fourth-order valence-electron chi connectivity index (χ4n) is 1.30. The second-order valence-electron chi connectivity index (χ2n) is 3.73. The van der Waals surface area contributed by atoms with Gasteiger partial charge in [-0.3, -0.25) is 4.79 Å². The Morgan fingerprint density at radius 1 is 1.64 bits per heavy atom. The van der Waals surface area contributed by atoms with E-state index in [4.69, 9.17) is 0 Å². The quantitative estimate of drug-likeness (QED) is 0.518. The molecule has 0 radical (unpaired) electrons. The van der Waals surface area contributed by atoms with E-state index in [0.717, 1.165) is 18.5 Å². The second kappa shape index (κ2) is 4.80. The van der Waals surface area contributed by atoms with Gasteiger partial charge >= 0.3 is 0 Å². The third kappa shape index (κ3) is 2.59. The van der Waals surface area contributed by atoms with Crippen LogP contribution in [0.4, 0.5) is 0 Å². The molecule has 1 rings (SSSR count). The van der Waals surface area contributed by atoms with E-state index in [-0.39, 0.29) is 11.7 Å². The lowest BCUT2D eigenvalue weighted by molar-refractivity contribution is 0.0939. The average molecular weight is 191 g/mol. The summed E-state index contributed by atoms with van der Waals surface area (Å²) in [5, 5.41) is 0. The highest BCUT2D eigenvalue weighted by Crippen LogP contribution is 2.09. The molecular formula is C12H17NO. The number of Topliss-reactive ketones (excluding diaryl/α,β-unsaturated/α-hetero) is 1. The molecular weight excluding hydrogens is 174 g/mol. The molecule has 0 aliphatic rings. The van der Waals surface area contributed by atoms with E-state index < -0.39 is 0 Å². The van der Waals surface area contributed by atoms with Crippen molar-refractivity contribution in [2.45, 2.75) is 26.8 Å². The number of carbonyl (C=O) groups excluding carboxylic acids is 1. The summed E-state index contributed by atoms with van der Waals surface area (Å²) >= 11 is 0. The van der Waals surface area contributed by atoms with Crippen LogP contribution in [-0.4, -0.2) is 10.4 Å². The predicted octanol–water partition coefficient (Wildman–Crippen LogP) is 2.90. The summed E-state index contributed by atoms with van der Waals surface area (Å²) in [7, 11) is 0. The molecule has 2 nitrogen and oxygen atoms in total. The highest BCUT2D eigenvalue weighted by atomic mass is 16.1. The normalized spacial score (nSPS) is 10.5. The first-order valence-electron chi connectivity index (χ1n) is 4.96. The van der Waals surface area contributed by atoms with E-state index in [0.29, 0.717) is 0 Å². The molecule has 0 N–H and O–H groups in total. The van der Waals surface area contributed by atoms with Crippen molar-refractivity contribution < 1.29 is 4.79 Å². The zero-order valence-corrected chi connectivity index (χ0v) is 8.86. The van der Waals surface area contributed by atoms with Gasteiger partial charge in [-0.15, -0.1) is 6.58 Å². The fraction of sp³-hybridized carbons (Fsp3) is 0.417. The van der Waals surface area contributed by atoms with Crippen molar-refractivity contribution in [1.82, 2.24) is 4.57 Å². The summed E-state index contributed by atoms with van der Waals surface area (Å²) < 4.78 is 2.03. The van der Waals surface area contributed by atoms with E-state index in [2.05, 4.69) is 6.58 Å². The first-order chi connectivity index (χ1) is 6.65. The van der Waals surface area contributed by atoms with Crippen molar-refractivity contribution in [3.63, 3.8) is 0 Å².